The molecule has 98 valence electrons. The molecule has 0 aliphatic rings. The fourth-order valence-corrected chi connectivity index (χ4v) is 1.09. The number of rotatable bonds is 7. The van der Waals surface area contributed by atoms with E-state index in [1.165, 1.54) is 0 Å². The number of carbonyl (C=O) groups is 3. The summed E-state index contributed by atoms with van der Waals surface area (Å²) in [5.41, 5.74) is 3.59. The number of quaternary nitrogens is 1. The standard InChI is InChI=1S/C10H18N2O5/c1-5(2)8(11)9(15)12-6(10(16)17)3-4-7(13)14/h5-6,8H,3-4,11H2,1-2H3,(H,12,15)(H,13,14)(H,16,17)/p-1/t6-,8-/m0/s1. The van der Waals surface area contributed by atoms with Crippen molar-refractivity contribution in [2.75, 3.05) is 0 Å². The fourth-order valence-electron chi connectivity index (χ4n) is 1.09. The number of carbonyl (C=O) groups excluding carboxylic acids is 3. The van der Waals surface area contributed by atoms with Gasteiger partial charge in [0.1, 0.15) is 0 Å². The quantitative estimate of drug-likeness (QED) is 0.471. The Hall–Kier alpha value is -1.63. The minimum absolute atomic E-state index is 0.0430. The number of amides is 1. The van der Waals surface area contributed by atoms with Gasteiger partial charge in [0.15, 0.2) is 6.04 Å². The van der Waals surface area contributed by atoms with Gasteiger partial charge in [-0.15, -0.1) is 0 Å². The molecule has 0 saturated heterocycles. The van der Waals surface area contributed by atoms with Crippen LogP contribution in [0.4, 0.5) is 0 Å². The number of hydrogen-bond acceptors (Lipinski definition) is 5. The van der Waals surface area contributed by atoms with Crippen molar-refractivity contribution in [3.05, 3.63) is 0 Å². The Morgan fingerprint density at radius 3 is 2.12 bits per heavy atom. The predicted octanol–water partition coefficient (Wildman–Crippen LogP) is -3.98. The Morgan fingerprint density at radius 2 is 1.76 bits per heavy atom. The zero-order chi connectivity index (χ0) is 13.6. The highest BCUT2D eigenvalue weighted by Gasteiger charge is 2.24. The zero-order valence-corrected chi connectivity index (χ0v) is 9.89. The molecular formula is C10H17N2O5-. The van der Waals surface area contributed by atoms with E-state index in [1.54, 1.807) is 13.8 Å². The second-order valence-corrected chi connectivity index (χ2v) is 4.14. The molecule has 7 heteroatoms. The van der Waals surface area contributed by atoms with E-state index >= 15 is 0 Å². The molecule has 0 aliphatic heterocycles. The van der Waals surface area contributed by atoms with Crippen LogP contribution in [-0.4, -0.2) is 29.9 Å². The van der Waals surface area contributed by atoms with Crippen LogP contribution in [-0.2, 0) is 14.4 Å². The highest BCUT2D eigenvalue weighted by atomic mass is 16.4. The third-order valence-corrected chi connectivity index (χ3v) is 2.38. The summed E-state index contributed by atoms with van der Waals surface area (Å²) in [7, 11) is 0. The predicted molar refractivity (Wildman–Crippen MR) is 52.7 cm³/mol. The molecule has 17 heavy (non-hydrogen) atoms. The van der Waals surface area contributed by atoms with Crippen LogP contribution in [0.5, 0.6) is 0 Å². The summed E-state index contributed by atoms with van der Waals surface area (Å²) >= 11 is 0. The molecule has 0 bridgehead atoms. The van der Waals surface area contributed by atoms with Gasteiger partial charge in [0.25, 0.3) is 5.91 Å². The molecular weight excluding hydrogens is 228 g/mol. The first-order valence-electron chi connectivity index (χ1n) is 5.29. The van der Waals surface area contributed by atoms with Gasteiger partial charge in [-0.1, -0.05) is 13.8 Å². The number of hydrogen-bond donors (Lipinski definition) is 2. The van der Waals surface area contributed by atoms with E-state index in [4.69, 9.17) is 0 Å². The summed E-state index contributed by atoms with van der Waals surface area (Å²) in [4.78, 5) is 32.4. The summed E-state index contributed by atoms with van der Waals surface area (Å²) in [6.45, 7) is 3.54. The minimum Gasteiger partial charge on any atom is -0.550 e. The van der Waals surface area contributed by atoms with Gasteiger partial charge in [-0.05, 0) is 12.8 Å². The zero-order valence-electron chi connectivity index (χ0n) is 9.89. The van der Waals surface area contributed by atoms with Gasteiger partial charge in [-0.3, -0.25) is 4.79 Å². The third kappa shape index (κ3) is 5.86. The lowest BCUT2D eigenvalue weighted by Gasteiger charge is -2.21. The molecule has 0 rings (SSSR count). The van der Waals surface area contributed by atoms with E-state index < -0.39 is 36.4 Å². The van der Waals surface area contributed by atoms with Crippen LogP contribution < -0.4 is 21.3 Å². The summed E-state index contributed by atoms with van der Waals surface area (Å²) in [6.07, 6.45) is -0.719. The van der Waals surface area contributed by atoms with Gasteiger partial charge in [-0.2, -0.15) is 0 Å². The maximum absolute atomic E-state index is 11.5. The molecule has 0 aromatic rings. The molecule has 0 heterocycles. The normalized spacial score (nSPS) is 14.1. The molecule has 0 aromatic carbocycles. The second-order valence-electron chi connectivity index (χ2n) is 4.14. The highest BCUT2D eigenvalue weighted by molar-refractivity contribution is 5.85. The van der Waals surface area contributed by atoms with E-state index in [2.05, 4.69) is 11.1 Å². The molecule has 7 nitrogen and oxygen atoms in total. The summed E-state index contributed by atoms with van der Waals surface area (Å²) in [6, 6.07) is -1.93. The third-order valence-electron chi connectivity index (χ3n) is 2.38. The van der Waals surface area contributed by atoms with Gasteiger partial charge >= 0.3 is 0 Å². The van der Waals surface area contributed by atoms with E-state index in [-0.39, 0.29) is 12.3 Å². The highest BCUT2D eigenvalue weighted by Crippen LogP contribution is 2.00. The lowest BCUT2D eigenvalue weighted by molar-refractivity contribution is -0.414. The van der Waals surface area contributed by atoms with Gasteiger partial charge in [0.05, 0.1) is 12.0 Å². The van der Waals surface area contributed by atoms with Crippen molar-refractivity contribution in [1.29, 1.82) is 0 Å². The van der Waals surface area contributed by atoms with E-state index in [1.807, 2.05) is 0 Å². The lowest BCUT2D eigenvalue weighted by Crippen LogP contribution is -2.71. The smallest absolute Gasteiger partial charge is 0.278 e. The molecule has 4 N–H and O–H groups in total. The Balaban J connectivity index is 4.39. The van der Waals surface area contributed by atoms with Crippen LogP contribution in [0.25, 0.3) is 0 Å². The first-order chi connectivity index (χ1) is 7.75. The first kappa shape index (κ1) is 15.4. The van der Waals surface area contributed by atoms with E-state index in [0.29, 0.717) is 0 Å². The van der Waals surface area contributed by atoms with Crippen molar-refractivity contribution >= 4 is 17.8 Å². The Kier molecular flexibility index (Phi) is 6.19. The molecule has 2 atom stereocenters. The van der Waals surface area contributed by atoms with Gasteiger partial charge in [-0.25, -0.2) is 0 Å². The average Bonchev–Trinajstić information content (AvgIpc) is 2.21. The van der Waals surface area contributed by atoms with Gasteiger partial charge in [0, 0.05) is 11.9 Å². The Bertz CT molecular complexity index is 303. The lowest BCUT2D eigenvalue weighted by atomic mass is 10.0. The van der Waals surface area contributed by atoms with Crippen molar-refractivity contribution in [1.82, 2.24) is 5.32 Å². The fraction of sp³-hybridized carbons (Fsp3) is 0.700. The SMILES string of the molecule is CC(C)[C@H]([NH3+])C(=O)N[C@@H](CCC(=O)[O-])C(=O)[O-]. The van der Waals surface area contributed by atoms with Gasteiger partial charge in [0.2, 0.25) is 0 Å². The first-order valence-corrected chi connectivity index (χ1v) is 5.29. The maximum Gasteiger partial charge on any atom is 0.278 e. The van der Waals surface area contributed by atoms with Crippen LogP contribution in [0.3, 0.4) is 0 Å². The number of nitrogens with one attached hydrogen (secondary N) is 1. The molecule has 0 aromatic heterocycles. The van der Waals surface area contributed by atoms with Crippen molar-refractivity contribution in [2.45, 2.75) is 38.8 Å². The van der Waals surface area contributed by atoms with Crippen LogP contribution in [0.15, 0.2) is 0 Å². The topological polar surface area (TPSA) is 137 Å². The average molecular weight is 245 g/mol. The van der Waals surface area contributed by atoms with Crippen LogP contribution >= 0.6 is 0 Å². The molecule has 0 radical (unpaired) electrons. The summed E-state index contributed by atoms with van der Waals surface area (Å²) in [5.74, 6) is -3.47. The second kappa shape index (κ2) is 6.85. The minimum atomic E-state index is -1.52. The van der Waals surface area contributed by atoms with Crippen molar-refractivity contribution in [2.24, 2.45) is 5.92 Å². The molecule has 0 fully saturated rings. The van der Waals surface area contributed by atoms with E-state index in [9.17, 15) is 24.6 Å². The molecule has 0 unspecified atom stereocenters. The van der Waals surface area contributed by atoms with E-state index in [0.717, 1.165) is 0 Å². The van der Waals surface area contributed by atoms with Crippen molar-refractivity contribution in [3.8, 4) is 0 Å². The number of carboxylic acids is 2. The molecule has 0 spiro atoms. The summed E-state index contributed by atoms with van der Waals surface area (Å²) < 4.78 is 0. The number of aliphatic carboxylic acids is 2. The largest absolute Gasteiger partial charge is 0.550 e. The Morgan fingerprint density at radius 1 is 1.24 bits per heavy atom. The van der Waals surface area contributed by atoms with Gasteiger partial charge < -0.3 is 30.9 Å². The maximum atomic E-state index is 11.5. The summed E-state index contributed by atoms with van der Waals surface area (Å²) in [5, 5.41) is 23.1. The van der Waals surface area contributed by atoms with Crippen LogP contribution in [0, 0.1) is 5.92 Å². The molecule has 0 aliphatic carbocycles. The number of carboxylic acid groups (broad SMARTS) is 2. The van der Waals surface area contributed by atoms with Crippen molar-refractivity contribution < 1.29 is 30.3 Å². The van der Waals surface area contributed by atoms with Crippen LogP contribution in [0.1, 0.15) is 26.7 Å². The Labute approximate surface area is 99.0 Å². The molecule has 0 saturated carbocycles. The monoisotopic (exact) mass is 245 g/mol. The molecule has 1 amide bonds. The van der Waals surface area contributed by atoms with Crippen LogP contribution in [0.2, 0.25) is 0 Å². The van der Waals surface area contributed by atoms with Crippen molar-refractivity contribution in [3.63, 3.8) is 0 Å².